The van der Waals surface area contributed by atoms with Crippen LogP contribution in [-0.4, -0.2) is 17.4 Å². The van der Waals surface area contributed by atoms with E-state index in [0.717, 1.165) is 6.29 Å². The molecule has 0 saturated carbocycles. The van der Waals surface area contributed by atoms with E-state index in [-0.39, 0.29) is 11.6 Å². The van der Waals surface area contributed by atoms with E-state index in [1.165, 1.54) is 0 Å². The van der Waals surface area contributed by atoms with Crippen LogP contribution < -0.4 is 5.32 Å². The highest BCUT2D eigenvalue weighted by Crippen LogP contribution is 2.11. The van der Waals surface area contributed by atoms with Gasteiger partial charge < -0.3 is 9.84 Å². The second kappa shape index (κ2) is 4.61. The maximum absolute atomic E-state index is 11.7. The monoisotopic (exact) mass is 230 g/mol. The summed E-state index contributed by atoms with van der Waals surface area (Å²) in [6, 6.07) is 8.16. The molecule has 0 aliphatic heterocycles. The van der Waals surface area contributed by atoms with Crippen molar-refractivity contribution >= 4 is 17.9 Å². The number of carbonyl (C=O) groups is 2. The van der Waals surface area contributed by atoms with Crippen molar-refractivity contribution in [3.05, 3.63) is 47.3 Å². The van der Waals surface area contributed by atoms with E-state index >= 15 is 0 Å². The number of carbonyl (C=O) groups excluding carboxylic acids is 2. The molecule has 0 unspecified atom stereocenters. The van der Waals surface area contributed by atoms with Crippen molar-refractivity contribution in [3.63, 3.8) is 0 Å². The number of hydrogen-bond donors (Lipinski definition) is 1. The van der Waals surface area contributed by atoms with Crippen molar-refractivity contribution in [2.24, 2.45) is 0 Å². The summed E-state index contributed by atoms with van der Waals surface area (Å²) in [6.07, 6.45) is 0.718. The zero-order chi connectivity index (χ0) is 12.3. The molecule has 0 radical (unpaired) electrons. The Kier molecular flexibility index (Phi) is 3.00. The lowest BCUT2D eigenvalue weighted by Crippen LogP contribution is -2.12. The number of amides is 1. The highest BCUT2D eigenvalue weighted by Gasteiger charge is 2.10. The Morgan fingerprint density at radius 3 is 2.88 bits per heavy atom. The molecule has 2 aromatic rings. The van der Waals surface area contributed by atoms with Crippen LogP contribution in [-0.2, 0) is 0 Å². The molecule has 1 aromatic heterocycles. The van der Waals surface area contributed by atoms with Gasteiger partial charge in [-0.1, -0.05) is 17.3 Å². The first-order valence-electron chi connectivity index (χ1n) is 4.99. The van der Waals surface area contributed by atoms with Gasteiger partial charge >= 0.3 is 0 Å². The molecule has 0 bridgehead atoms. The smallest absolute Gasteiger partial charge is 0.277 e. The molecule has 5 nitrogen and oxygen atoms in total. The third kappa shape index (κ3) is 2.57. The minimum atomic E-state index is -0.370. The van der Waals surface area contributed by atoms with Gasteiger partial charge in [-0.15, -0.1) is 0 Å². The Balaban J connectivity index is 2.15. The number of nitrogens with one attached hydrogen (secondary N) is 1. The first-order valence-corrected chi connectivity index (χ1v) is 4.99. The number of nitrogens with zero attached hydrogens (tertiary/aromatic N) is 1. The van der Waals surface area contributed by atoms with Crippen molar-refractivity contribution in [1.82, 2.24) is 5.16 Å². The molecule has 86 valence electrons. The molecule has 0 aliphatic carbocycles. The number of rotatable bonds is 3. The van der Waals surface area contributed by atoms with Gasteiger partial charge in [-0.2, -0.15) is 0 Å². The number of aldehydes is 1. The summed E-state index contributed by atoms with van der Waals surface area (Å²) in [7, 11) is 0. The molecule has 0 saturated heterocycles. The van der Waals surface area contributed by atoms with Gasteiger partial charge in [0.15, 0.2) is 5.69 Å². The molecule has 1 amide bonds. The molecule has 2 rings (SSSR count). The number of anilines is 1. The van der Waals surface area contributed by atoms with Gasteiger partial charge in [0.25, 0.3) is 5.91 Å². The normalized spacial score (nSPS) is 9.94. The second-order valence-corrected chi connectivity index (χ2v) is 3.52. The molecule has 1 aromatic carbocycles. The summed E-state index contributed by atoms with van der Waals surface area (Å²) in [5.74, 6) is 0.196. The van der Waals surface area contributed by atoms with Gasteiger partial charge in [-0.05, 0) is 19.1 Å². The average molecular weight is 230 g/mol. The second-order valence-electron chi connectivity index (χ2n) is 3.52. The molecular weight excluding hydrogens is 220 g/mol. The van der Waals surface area contributed by atoms with Gasteiger partial charge in [0, 0.05) is 17.3 Å². The highest BCUT2D eigenvalue weighted by atomic mass is 16.5. The van der Waals surface area contributed by atoms with E-state index in [1.807, 2.05) is 0 Å². The van der Waals surface area contributed by atoms with Gasteiger partial charge in [0.2, 0.25) is 0 Å². The molecule has 0 atom stereocenters. The fourth-order valence-corrected chi connectivity index (χ4v) is 1.36. The van der Waals surface area contributed by atoms with Gasteiger partial charge in [-0.3, -0.25) is 9.59 Å². The third-order valence-corrected chi connectivity index (χ3v) is 2.14. The number of aromatic nitrogens is 1. The Morgan fingerprint density at radius 2 is 2.24 bits per heavy atom. The zero-order valence-electron chi connectivity index (χ0n) is 9.14. The third-order valence-electron chi connectivity index (χ3n) is 2.14. The maximum Gasteiger partial charge on any atom is 0.277 e. The molecule has 1 N–H and O–H groups in total. The quantitative estimate of drug-likeness (QED) is 0.819. The average Bonchev–Trinajstić information content (AvgIpc) is 2.76. The van der Waals surface area contributed by atoms with Crippen molar-refractivity contribution in [2.75, 3.05) is 5.32 Å². The highest BCUT2D eigenvalue weighted by molar-refractivity contribution is 6.03. The number of benzene rings is 1. The van der Waals surface area contributed by atoms with Crippen LogP contribution in [0.2, 0.25) is 0 Å². The van der Waals surface area contributed by atoms with E-state index in [0.29, 0.717) is 17.0 Å². The van der Waals surface area contributed by atoms with Crippen LogP contribution in [0.4, 0.5) is 5.69 Å². The lowest BCUT2D eigenvalue weighted by Gasteiger charge is -2.02. The van der Waals surface area contributed by atoms with E-state index in [1.54, 1.807) is 37.3 Å². The molecule has 17 heavy (non-hydrogen) atoms. The summed E-state index contributed by atoms with van der Waals surface area (Å²) in [6.45, 7) is 1.71. The first-order chi connectivity index (χ1) is 8.19. The van der Waals surface area contributed by atoms with Crippen LogP contribution in [0.25, 0.3) is 0 Å². The standard InChI is InChI=1S/C12H10N2O3/c1-8-5-11(14-17-8)12(16)13-10-4-2-3-9(6-10)7-15/h2-7H,1H3,(H,13,16). The Labute approximate surface area is 97.4 Å². The maximum atomic E-state index is 11.7. The van der Waals surface area contributed by atoms with Crippen LogP contribution in [0.15, 0.2) is 34.9 Å². The Morgan fingerprint density at radius 1 is 1.41 bits per heavy atom. The fraction of sp³-hybridized carbons (Fsp3) is 0.0833. The van der Waals surface area contributed by atoms with Gasteiger partial charge in [0.05, 0.1) is 0 Å². The van der Waals surface area contributed by atoms with E-state index < -0.39 is 0 Å². The molecule has 0 fully saturated rings. The van der Waals surface area contributed by atoms with Crippen molar-refractivity contribution in [1.29, 1.82) is 0 Å². The summed E-state index contributed by atoms with van der Waals surface area (Å²) in [5, 5.41) is 6.22. The number of hydrogen-bond acceptors (Lipinski definition) is 4. The Hall–Kier alpha value is -2.43. The molecule has 5 heteroatoms. The van der Waals surface area contributed by atoms with Crippen molar-refractivity contribution < 1.29 is 14.1 Å². The molecular formula is C12H10N2O3. The topological polar surface area (TPSA) is 72.2 Å². The summed E-state index contributed by atoms with van der Waals surface area (Å²) in [4.78, 5) is 22.3. The first kappa shape index (κ1) is 11.1. The molecule has 0 spiro atoms. The van der Waals surface area contributed by atoms with Crippen LogP contribution in [0.5, 0.6) is 0 Å². The zero-order valence-corrected chi connectivity index (χ0v) is 9.14. The summed E-state index contributed by atoms with van der Waals surface area (Å²) < 4.78 is 4.80. The van der Waals surface area contributed by atoms with Gasteiger partial charge in [-0.25, -0.2) is 0 Å². The SMILES string of the molecule is Cc1cc(C(=O)Nc2cccc(C=O)c2)no1. The summed E-state index contributed by atoms with van der Waals surface area (Å²) in [5.41, 5.74) is 1.25. The van der Waals surface area contributed by atoms with E-state index in [4.69, 9.17) is 4.52 Å². The lowest BCUT2D eigenvalue weighted by molar-refractivity contribution is 0.101. The summed E-state index contributed by atoms with van der Waals surface area (Å²) >= 11 is 0. The van der Waals surface area contributed by atoms with Crippen molar-refractivity contribution in [2.45, 2.75) is 6.92 Å². The van der Waals surface area contributed by atoms with Crippen molar-refractivity contribution in [3.8, 4) is 0 Å². The van der Waals surface area contributed by atoms with Crippen LogP contribution in [0, 0.1) is 6.92 Å². The minimum absolute atomic E-state index is 0.207. The largest absolute Gasteiger partial charge is 0.361 e. The molecule has 1 heterocycles. The number of aryl methyl sites for hydroxylation is 1. The van der Waals surface area contributed by atoms with Gasteiger partial charge in [0.1, 0.15) is 12.0 Å². The lowest BCUT2D eigenvalue weighted by atomic mass is 10.2. The van der Waals surface area contributed by atoms with E-state index in [9.17, 15) is 9.59 Å². The van der Waals surface area contributed by atoms with Crippen LogP contribution in [0.1, 0.15) is 26.6 Å². The minimum Gasteiger partial charge on any atom is -0.361 e. The van der Waals surface area contributed by atoms with Crippen LogP contribution in [0.3, 0.4) is 0 Å². The van der Waals surface area contributed by atoms with Crippen LogP contribution >= 0.6 is 0 Å². The fourth-order valence-electron chi connectivity index (χ4n) is 1.36. The Bertz CT molecular complexity index is 560. The predicted octanol–water partition coefficient (Wildman–Crippen LogP) is 2.05. The predicted molar refractivity (Wildman–Crippen MR) is 61.0 cm³/mol. The van der Waals surface area contributed by atoms with E-state index in [2.05, 4.69) is 10.5 Å². The molecule has 0 aliphatic rings.